The first-order valence-electron chi connectivity index (χ1n) is 21.3. The maximum absolute atomic E-state index is 5.30. The molecule has 0 fully saturated rings. The van der Waals surface area contributed by atoms with Crippen LogP contribution < -0.4 is 0 Å². The van der Waals surface area contributed by atoms with Crippen LogP contribution in [0, 0.1) is 13.8 Å². The van der Waals surface area contributed by atoms with Gasteiger partial charge in [-0.3, -0.25) is 19.9 Å². The first kappa shape index (κ1) is 38.4. The zero-order chi connectivity index (χ0) is 43.0. The molecule has 7 heteroatoms. The van der Waals surface area contributed by atoms with Crippen LogP contribution in [0.2, 0.25) is 0 Å². The van der Waals surface area contributed by atoms with E-state index in [1.165, 1.54) is 16.2 Å². The van der Waals surface area contributed by atoms with Crippen molar-refractivity contribution in [1.29, 1.82) is 0 Å². The van der Waals surface area contributed by atoms with E-state index in [4.69, 9.17) is 29.9 Å². The smallest absolute Gasteiger partial charge is 0.164 e. The van der Waals surface area contributed by atoms with E-state index in [1.807, 2.05) is 105 Å². The fourth-order valence-electron chi connectivity index (χ4n) is 8.41. The molecular weight excluding hydrogens is 783 g/mol. The molecule has 0 aliphatic carbocycles. The van der Waals surface area contributed by atoms with Crippen LogP contribution in [-0.2, 0) is 0 Å². The summed E-state index contributed by atoms with van der Waals surface area (Å²) in [6.07, 6.45) is 3.71. The van der Waals surface area contributed by atoms with Gasteiger partial charge in [0.25, 0.3) is 0 Å². The van der Waals surface area contributed by atoms with Gasteiger partial charge in [-0.05, 0) is 131 Å². The van der Waals surface area contributed by atoms with E-state index in [2.05, 4.69) is 108 Å². The summed E-state index contributed by atoms with van der Waals surface area (Å²) in [6.45, 7) is 4.01. The lowest BCUT2D eigenvalue weighted by molar-refractivity contribution is 1.07. The summed E-state index contributed by atoms with van der Waals surface area (Å²) >= 11 is 0. The van der Waals surface area contributed by atoms with Crippen LogP contribution >= 0.6 is 0 Å². The van der Waals surface area contributed by atoms with E-state index in [0.29, 0.717) is 17.5 Å². The molecular formula is C57H39N7. The van der Waals surface area contributed by atoms with Crippen molar-refractivity contribution < 1.29 is 0 Å². The van der Waals surface area contributed by atoms with Crippen LogP contribution in [0.4, 0.5) is 0 Å². The second-order valence-corrected chi connectivity index (χ2v) is 15.9. The van der Waals surface area contributed by atoms with Gasteiger partial charge in [-0.25, -0.2) is 15.0 Å². The van der Waals surface area contributed by atoms with Crippen LogP contribution in [0.15, 0.2) is 200 Å². The van der Waals surface area contributed by atoms with E-state index in [0.717, 1.165) is 89.6 Å². The zero-order valence-corrected chi connectivity index (χ0v) is 35.2. The van der Waals surface area contributed by atoms with Crippen molar-refractivity contribution in [2.75, 3.05) is 0 Å². The van der Waals surface area contributed by atoms with Gasteiger partial charge in [-0.15, -0.1) is 0 Å². The van der Waals surface area contributed by atoms with E-state index in [9.17, 15) is 0 Å². The number of aromatic nitrogens is 7. The zero-order valence-electron chi connectivity index (χ0n) is 35.2. The third-order valence-corrected chi connectivity index (χ3v) is 11.5. The van der Waals surface area contributed by atoms with Gasteiger partial charge in [0.1, 0.15) is 0 Å². The number of aryl methyl sites for hydroxylation is 2. The molecule has 5 aromatic heterocycles. The second kappa shape index (κ2) is 16.4. The SMILES string of the molecule is Cc1cccc(-c2cccc(-c3nc(-c4cccc(-c5cccc(C)n5)c4)nc(-c4cc(-c5ccc(-c6ccccn6)nc5)cc(-c5cc6ccccc6c6ccccc56)c4)n3)c2)n1. The highest BCUT2D eigenvalue weighted by Gasteiger charge is 2.18. The molecule has 0 atom stereocenters. The molecule has 6 aromatic carbocycles. The molecule has 0 saturated carbocycles. The third kappa shape index (κ3) is 7.56. The van der Waals surface area contributed by atoms with E-state index >= 15 is 0 Å². The summed E-state index contributed by atoms with van der Waals surface area (Å²) in [4.78, 5) is 34.9. The molecule has 0 N–H and O–H groups in total. The van der Waals surface area contributed by atoms with Gasteiger partial charge in [0.2, 0.25) is 0 Å². The predicted molar refractivity (Wildman–Crippen MR) is 259 cm³/mol. The minimum Gasteiger partial charge on any atom is -0.255 e. The number of benzene rings is 6. The molecule has 0 spiro atoms. The molecule has 0 bridgehead atoms. The maximum atomic E-state index is 5.30. The van der Waals surface area contributed by atoms with Crippen LogP contribution in [0.1, 0.15) is 11.4 Å². The summed E-state index contributed by atoms with van der Waals surface area (Å²) in [6, 6.07) is 64.8. The Balaban J connectivity index is 1.14. The first-order valence-corrected chi connectivity index (χ1v) is 21.3. The van der Waals surface area contributed by atoms with E-state index in [-0.39, 0.29) is 0 Å². The summed E-state index contributed by atoms with van der Waals surface area (Å²) < 4.78 is 0. The monoisotopic (exact) mass is 821 g/mol. The largest absolute Gasteiger partial charge is 0.255 e. The Hall–Kier alpha value is -8.55. The number of hydrogen-bond donors (Lipinski definition) is 0. The van der Waals surface area contributed by atoms with Crippen molar-refractivity contribution in [3.8, 4) is 90.3 Å². The first-order chi connectivity index (χ1) is 31.5. The van der Waals surface area contributed by atoms with E-state index < -0.39 is 0 Å². The van der Waals surface area contributed by atoms with Gasteiger partial charge in [0, 0.05) is 57.2 Å². The molecule has 0 aliphatic rings. The van der Waals surface area contributed by atoms with Crippen LogP contribution in [0.5, 0.6) is 0 Å². The average Bonchev–Trinajstić information content (AvgIpc) is 3.36. The Morgan fingerprint density at radius 2 is 0.812 bits per heavy atom. The van der Waals surface area contributed by atoms with Crippen molar-refractivity contribution in [3.05, 3.63) is 212 Å². The molecule has 64 heavy (non-hydrogen) atoms. The Kier molecular flexibility index (Phi) is 9.82. The van der Waals surface area contributed by atoms with Crippen molar-refractivity contribution >= 4 is 21.5 Å². The van der Waals surface area contributed by atoms with Crippen LogP contribution in [-0.4, -0.2) is 34.9 Å². The molecule has 11 aromatic rings. The molecule has 11 rings (SSSR count). The van der Waals surface area contributed by atoms with Gasteiger partial charge < -0.3 is 0 Å². The number of hydrogen-bond acceptors (Lipinski definition) is 7. The summed E-state index contributed by atoms with van der Waals surface area (Å²) in [5.41, 5.74) is 13.9. The number of nitrogens with zero attached hydrogens (tertiary/aromatic N) is 7. The highest BCUT2D eigenvalue weighted by Crippen LogP contribution is 2.39. The summed E-state index contributed by atoms with van der Waals surface area (Å²) in [5.74, 6) is 1.65. The second-order valence-electron chi connectivity index (χ2n) is 15.9. The number of rotatable bonds is 8. The average molecular weight is 822 g/mol. The summed E-state index contributed by atoms with van der Waals surface area (Å²) in [5, 5.41) is 4.73. The van der Waals surface area contributed by atoms with Crippen molar-refractivity contribution in [1.82, 2.24) is 34.9 Å². The van der Waals surface area contributed by atoms with Crippen LogP contribution in [0.3, 0.4) is 0 Å². The van der Waals surface area contributed by atoms with Gasteiger partial charge in [0.15, 0.2) is 17.5 Å². The maximum Gasteiger partial charge on any atom is 0.164 e. The van der Waals surface area contributed by atoms with Gasteiger partial charge in [-0.1, -0.05) is 109 Å². The Labute approximate surface area is 371 Å². The van der Waals surface area contributed by atoms with Crippen molar-refractivity contribution in [3.63, 3.8) is 0 Å². The van der Waals surface area contributed by atoms with Crippen molar-refractivity contribution in [2.45, 2.75) is 13.8 Å². The Bertz CT molecular complexity index is 3420. The molecule has 0 saturated heterocycles. The van der Waals surface area contributed by atoms with E-state index in [1.54, 1.807) is 6.20 Å². The number of pyridine rings is 4. The minimum absolute atomic E-state index is 0.546. The lowest BCUT2D eigenvalue weighted by Crippen LogP contribution is -2.01. The fraction of sp³-hybridized carbons (Fsp3) is 0.0351. The standard InChI is InChI=1S/C57H39N7/c1-36-13-9-24-51(60-36)39-16-11-18-41(29-39)55-62-56(42-19-12-17-40(30-42)52-25-10-14-37(2)61-52)64-57(63-55)46-32-44(43-26-27-54(59-35-43)53-23-7-8-28-58-53)31-45(33-46)50-34-38-15-3-4-20-47(38)48-21-5-6-22-49(48)50/h3-35H,1-2H3. The van der Waals surface area contributed by atoms with Crippen molar-refractivity contribution in [2.24, 2.45) is 0 Å². The Morgan fingerprint density at radius 1 is 0.297 bits per heavy atom. The fourth-order valence-corrected chi connectivity index (χ4v) is 8.41. The van der Waals surface area contributed by atoms with Gasteiger partial charge >= 0.3 is 0 Å². The number of fused-ring (bicyclic) bond motifs is 3. The van der Waals surface area contributed by atoms with Gasteiger partial charge in [0.05, 0.1) is 22.8 Å². The molecule has 302 valence electrons. The molecule has 0 radical (unpaired) electrons. The molecule has 0 aliphatic heterocycles. The summed E-state index contributed by atoms with van der Waals surface area (Å²) in [7, 11) is 0. The molecule has 7 nitrogen and oxygen atoms in total. The van der Waals surface area contributed by atoms with Crippen LogP contribution in [0.25, 0.3) is 112 Å². The molecule has 5 heterocycles. The highest BCUT2D eigenvalue weighted by molar-refractivity contribution is 6.14. The molecule has 0 amide bonds. The Morgan fingerprint density at radius 3 is 1.44 bits per heavy atom. The lowest BCUT2D eigenvalue weighted by Gasteiger charge is -2.15. The predicted octanol–water partition coefficient (Wildman–Crippen LogP) is 13.7. The highest BCUT2D eigenvalue weighted by atomic mass is 15.0. The third-order valence-electron chi connectivity index (χ3n) is 11.5. The quantitative estimate of drug-likeness (QED) is 0.141. The topological polar surface area (TPSA) is 90.2 Å². The normalized spacial score (nSPS) is 11.3. The minimum atomic E-state index is 0.546. The van der Waals surface area contributed by atoms with Gasteiger partial charge in [-0.2, -0.15) is 0 Å². The molecule has 0 unspecified atom stereocenters. The lowest BCUT2D eigenvalue weighted by atomic mass is 9.90.